The van der Waals surface area contributed by atoms with Crippen LogP contribution in [0.15, 0.2) is 48.5 Å². The number of rotatable bonds is 8. The molecule has 2 aromatic rings. The summed E-state index contributed by atoms with van der Waals surface area (Å²) in [6.45, 7) is 2.20. The highest BCUT2D eigenvalue weighted by Crippen LogP contribution is 2.27. The standard InChI is InChI=1S/C19H24N2O4S.ClH/c1-14-7-3-5-9-17(14)25-18-10-6-4-8-15(18)13-21-19(22)16(20)11-12-26(2,23)24;/h3-10,16H,11-13,20H2,1-2H3,(H,21,22);1H. The number of amides is 1. The molecule has 1 atom stereocenters. The van der Waals surface area contributed by atoms with E-state index >= 15 is 0 Å². The van der Waals surface area contributed by atoms with Crippen LogP contribution in [0.1, 0.15) is 17.5 Å². The summed E-state index contributed by atoms with van der Waals surface area (Å²) in [6, 6.07) is 14.2. The molecular weight excluding hydrogens is 388 g/mol. The van der Waals surface area contributed by atoms with Gasteiger partial charge in [-0.05, 0) is 31.0 Å². The monoisotopic (exact) mass is 412 g/mol. The van der Waals surface area contributed by atoms with Gasteiger partial charge in [-0.15, -0.1) is 12.4 Å². The summed E-state index contributed by atoms with van der Waals surface area (Å²) in [6.07, 6.45) is 1.21. The molecule has 2 rings (SSSR count). The second kappa shape index (κ2) is 10.3. The maximum Gasteiger partial charge on any atom is 0.237 e. The van der Waals surface area contributed by atoms with Crippen LogP contribution in [0.3, 0.4) is 0 Å². The largest absolute Gasteiger partial charge is 0.457 e. The summed E-state index contributed by atoms with van der Waals surface area (Å²) in [5.41, 5.74) is 7.58. The van der Waals surface area contributed by atoms with Crippen molar-refractivity contribution < 1.29 is 17.9 Å². The lowest BCUT2D eigenvalue weighted by Crippen LogP contribution is -2.41. The molecule has 0 bridgehead atoms. The number of carbonyl (C=O) groups is 1. The fourth-order valence-electron chi connectivity index (χ4n) is 2.32. The third-order valence-electron chi connectivity index (χ3n) is 3.88. The third-order valence-corrected chi connectivity index (χ3v) is 4.85. The molecule has 0 aliphatic carbocycles. The van der Waals surface area contributed by atoms with Gasteiger partial charge in [0, 0.05) is 18.4 Å². The molecule has 3 N–H and O–H groups in total. The summed E-state index contributed by atoms with van der Waals surface area (Å²) in [4.78, 5) is 12.1. The predicted octanol–water partition coefficient (Wildman–Crippen LogP) is 2.59. The number of para-hydroxylation sites is 2. The number of ether oxygens (including phenoxy) is 1. The molecular formula is C19H25ClN2O4S. The van der Waals surface area contributed by atoms with Crippen LogP contribution in [0.2, 0.25) is 0 Å². The van der Waals surface area contributed by atoms with E-state index in [0.29, 0.717) is 5.75 Å². The van der Waals surface area contributed by atoms with E-state index in [9.17, 15) is 13.2 Å². The zero-order valence-corrected chi connectivity index (χ0v) is 17.0. The fraction of sp³-hybridized carbons (Fsp3) is 0.316. The Morgan fingerprint density at radius 2 is 1.70 bits per heavy atom. The molecule has 0 aliphatic rings. The Labute approximate surface area is 166 Å². The lowest BCUT2D eigenvalue weighted by molar-refractivity contribution is -0.122. The quantitative estimate of drug-likeness (QED) is 0.694. The number of halogens is 1. The number of carbonyl (C=O) groups excluding carboxylic acids is 1. The van der Waals surface area contributed by atoms with Crippen LogP contribution >= 0.6 is 12.4 Å². The molecule has 0 spiro atoms. The van der Waals surface area contributed by atoms with Crippen LogP contribution in [0, 0.1) is 6.92 Å². The predicted molar refractivity (Wildman–Crippen MR) is 109 cm³/mol. The number of benzene rings is 2. The van der Waals surface area contributed by atoms with Crippen molar-refractivity contribution in [3.63, 3.8) is 0 Å². The molecule has 0 aromatic heterocycles. The Morgan fingerprint density at radius 3 is 2.33 bits per heavy atom. The summed E-state index contributed by atoms with van der Waals surface area (Å²) in [5.74, 6) is 0.886. The second-order valence-electron chi connectivity index (χ2n) is 6.22. The fourth-order valence-corrected chi connectivity index (χ4v) is 3.01. The van der Waals surface area contributed by atoms with Crippen molar-refractivity contribution in [3.8, 4) is 11.5 Å². The lowest BCUT2D eigenvalue weighted by atomic mass is 10.1. The molecule has 0 radical (unpaired) electrons. The SMILES string of the molecule is Cc1ccccc1Oc1ccccc1CNC(=O)C(N)CCS(C)(=O)=O.Cl. The minimum Gasteiger partial charge on any atom is -0.457 e. The highest BCUT2D eigenvalue weighted by atomic mass is 35.5. The molecule has 0 saturated heterocycles. The Balaban J connectivity index is 0.00000364. The van der Waals surface area contributed by atoms with E-state index in [4.69, 9.17) is 10.5 Å². The maximum atomic E-state index is 12.1. The average molecular weight is 413 g/mol. The normalized spacial score (nSPS) is 12.0. The van der Waals surface area contributed by atoms with Crippen molar-refractivity contribution in [1.29, 1.82) is 0 Å². The van der Waals surface area contributed by atoms with E-state index in [1.807, 2.05) is 55.5 Å². The summed E-state index contributed by atoms with van der Waals surface area (Å²) >= 11 is 0. The van der Waals surface area contributed by atoms with Crippen LogP contribution in [0.4, 0.5) is 0 Å². The van der Waals surface area contributed by atoms with E-state index in [-0.39, 0.29) is 37.0 Å². The molecule has 0 fully saturated rings. The van der Waals surface area contributed by atoms with Crippen molar-refractivity contribution in [2.75, 3.05) is 12.0 Å². The molecule has 1 amide bonds. The van der Waals surface area contributed by atoms with E-state index < -0.39 is 15.9 Å². The highest BCUT2D eigenvalue weighted by molar-refractivity contribution is 7.90. The minimum atomic E-state index is -3.15. The molecule has 8 heteroatoms. The van der Waals surface area contributed by atoms with Gasteiger partial charge in [0.2, 0.25) is 5.91 Å². The molecule has 148 valence electrons. The lowest BCUT2D eigenvalue weighted by Gasteiger charge is -2.15. The smallest absolute Gasteiger partial charge is 0.237 e. The van der Waals surface area contributed by atoms with Gasteiger partial charge in [-0.1, -0.05) is 36.4 Å². The number of aryl methyl sites for hydroxylation is 1. The molecule has 0 heterocycles. The summed E-state index contributed by atoms with van der Waals surface area (Å²) < 4.78 is 28.3. The van der Waals surface area contributed by atoms with Crippen LogP contribution in [-0.4, -0.2) is 32.4 Å². The molecule has 6 nitrogen and oxygen atoms in total. The molecule has 27 heavy (non-hydrogen) atoms. The molecule has 1 unspecified atom stereocenters. The molecule has 0 aliphatic heterocycles. The van der Waals surface area contributed by atoms with Gasteiger partial charge in [0.05, 0.1) is 11.8 Å². The highest BCUT2D eigenvalue weighted by Gasteiger charge is 2.16. The van der Waals surface area contributed by atoms with Gasteiger partial charge >= 0.3 is 0 Å². The summed E-state index contributed by atoms with van der Waals surface area (Å²) in [5, 5.41) is 2.74. The average Bonchev–Trinajstić information content (AvgIpc) is 2.60. The molecule has 0 saturated carbocycles. The Hall–Kier alpha value is -2.09. The zero-order chi connectivity index (χ0) is 19.2. The van der Waals surface area contributed by atoms with E-state index in [0.717, 1.165) is 23.1 Å². The number of nitrogens with two attached hydrogens (primary N) is 1. The number of sulfone groups is 1. The van der Waals surface area contributed by atoms with Gasteiger partial charge in [0.1, 0.15) is 21.3 Å². The van der Waals surface area contributed by atoms with Crippen LogP contribution in [0.25, 0.3) is 0 Å². The minimum absolute atomic E-state index is 0. The van der Waals surface area contributed by atoms with E-state index in [1.165, 1.54) is 0 Å². The van der Waals surface area contributed by atoms with Gasteiger partial charge in [-0.2, -0.15) is 0 Å². The van der Waals surface area contributed by atoms with Crippen LogP contribution in [-0.2, 0) is 21.2 Å². The first-order valence-electron chi connectivity index (χ1n) is 8.28. The first-order valence-corrected chi connectivity index (χ1v) is 10.3. The van der Waals surface area contributed by atoms with Crippen molar-refractivity contribution in [2.45, 2.75) is 25.9 Å². The first-order chi connectivity index (χ1) is 12.3. The van der Waals surface area contributed by atoms with Crippen molar-refractivity contribution in [1.82, 2.24) is 5.32 Å². The van der Waals surface area contributed by atoms with Crippen molar-refractivity contribution in [2.24, 2.45) is 5.73 Å². The second-order valence-corrected chi connectivity index (χ2v) is 8.48. The first kappa shape index (κ1) is 23.0. The topological polar surface area (TPSA) is 98.5 Å². The van der Waals surface area contributed by atoms with E-state index in [1.54, 1.807) is 0 Å². The number of hydrogen-bond donors (Lipinski definition) is 2. The Bertz CT molecular complexity index is 872. The van der Waals surface area contributed by atoms with Crippen molar-refractivity contribution in [3.05, 3.63) is 59.7 Å². The zero-order valence-electron chi connectivity index (χ0n) is 15.3. The van der Waals surface area contributed by atoms with Crippen molar-refractivity contribution >= 4 is 28.2 Å². The Morgan fingerprint density at radius 1 is 1.11 bits per heavy atom. The van der Waals surface area contributed by atoms with Crippen LogP contribution in [0.5, 0.6) is 11.5 Å². The maximum absolute atomic E-state index is 12.1. The van der Waals surface area contributed by atoms with Gasteiger partial charge in [0.25, 0.3) is 0 Å². The van der Waals surface area contributed by atoms with Crippen LogP contribution < -0.4 is 15.8 Å². The number of hydrogen-bond acceptors (Lipinski definition) is 5. The van der Waals surface area contributed by atoms with E-state index in [2.05, 4.69) is 5.32 Å². The molecule has 2 aromatic carbocycles. The van der Waals surface area contributed by atoms with Gasteiger partial charge < -0.3 is 15.8 Å². The number of nitrogens with one attached hydrogen (secondary N) is 1. The van der Waals surface area contributed by atoms with Gasteiger partial charge in [-0.3, -0.25) is 4.79 Å². The Kier molecular flexibility index (Phi) is 8.75. The van der Waals surface area contributed by atoms with Gasteiger partial charge in [0.15, 0.2) is 0 Å². The third kappa shape index (κ3) is 7.58. The van der Waals surface area contributed by atoms with Gasteiger partial charge in [-0.25, -0.2) is 8.42 Å². The summed E-state index contributed by atoms with van der Waals surface area (Å²) in [7, 11) is -3.15.